The second-order valence-electron chi connectivity index (χ2n) is 3.71. The standard InChI is InChI=1S/C11H26NO/c1-5-8-10-12(7-3,13-4)11-9-6-2/h5-11H2,1-4H3/q+1. The molecule has 80 valence electrons. The maximum absolute atomic E-state index is 5.63. The average Bonchev–Trinajstić information content (AvgIpc) is 2.20. The molecule has 0 aromatic rings. The molecular formula is C11H26NO+. The number of rotatable bonds is 8. The van der Waals surface area contributed by atoms with E-state index in [1.54, 1.807) is 0 Å². The Hall–Kier alpha value is -0.0800. The van der Waals surface area contributed by atoms with Crippen LogP contribution < -0.4 is 0 Å². The Morgan fingerprint density at radius 3 is 1.62 bits per heavy atom. The lowest BCUT2D eigenvalue weighted by atomic mass is 10.2. The van der Waals surface area contributed by atoms with Gasteiger partial charge in [-0.1, -0.05) is 26.7 Å². The molecule has 0 spiro atoms. The van der Waals surface area contributed by atoms with Gasteiger partial charge in [-0.2, -0.15) is 4.65 Å². The van der Waals surface area contributed by atoms with E-state index in [1.807, 2.05) is 7.11 Å². The molecule has 0 heterocycles. The Bertz CT molecular complexity index is 101. The highest BCUT2D eigenvalue weighted by atomic mass is 16.7. The summed E-state index contributed by atoms with van der Waals surface area (Å²) in [5.41, 5.74) is 0. The van der Waals surface area contributed by atoms with Crippen LogP contribution in [0.4, 0.5) is 0 Å². The molecule has 0 amide bonds. The molecule has 0 radical (unpaired) electrons. The minimum Gasteiger partial charge on any atom is -0.206 e. The Morgan fingerprint density at radius 1 is 0.923 bits per heavy atom. The Balaban J connectivity index is 3.97. The van der Waals surface area contributed by atoms with Gasteiger partial charge < -0.3 is 0 Å². The summed E-state index contributed by atoms with van der Waals surface area (Å²) in [6.07, 6.45) is 5.06. The first-order chi connectivity index (χ1) is 6.24. The number of quaternary nitrogens is 1. The minimum atomic E-state index is 0.849. The topological polar surface area (TPSA) is 9.23 Å². The molecule has 0 aromatic carbocycles. The van der Waals surface area contributed by atoms with Crippen molar-refractivity contribution in [1.29, 1.82) is 0 Å². The van der Waals surface area contributed by atoms with Gasteiger partial charge in [-0.25, -0.2) is 4.84 Å². The molecule has 0 aliphatic carbocycles. The number of nitrogens with zero attached hydrogens (tertiary/aromatic N) is 1. The molecule has 0 aliphatic heterocycles. The summed E-state index contributed by atoms with van der Waals surface area (Å²) >= 11 is 0. The second-order valence-corrected chi connectivity index (χ2v) is 3.71. The van der Waals surface area contributed by atoms with Crippen LogP contribution in [0, 0.1) is 0 Å². The zero-order chi connectivity index (χ0) is 10.2. The third kappa shape index (κ3) is 4.63. The summed E-state index contributed by atoms with van der Waals surface area (Å²) in [6.45, 7) is 10.1. The van der Waals surface area contributed by atoms with Crippen molar-refractivity contribution in [2.45, 2.75) is 46.5 Å². The molecule has 0 unspecified atom stereocenters. The van der Waals surface area contributed by atoms with E-state index in [-0.39, 0.29) is 0 Å². The molecule has 13 heavy (non-hydrogen) atoms. The third-order valence-corrected chi connectivity index (χ3v) is 2.80. The first-order valence-electron chi connectivity index (χ1n) is 5.66. The normalized spacial score (nSPS) is 12.0. The number of hydrogen-bond acceptors (Lipinski definition) is 1. The lowest BCUT2D eigenvalue weighted by Crippen LogP contribution is -2.48. The maximum atomic E-state index is 5.63. The fourth-order valence-electron chi connectivity index (χ4n) is 1.63. The van der Waals surface area contributed by atoms with Crippen LogP contribution >= 0.6 is 0 Å². The average molecular weight is 188 g/mol. The van der Waals surface area contributed by atoms with Crippen molar-refractivity contribution in [3.8, 4) is 0 Å². The van der Waals surface area contributed by atoms with E-state index in [0.29, 0.717) is 0 Å². The number of unbranched alkanes of at least 4 members (excludes halogenated alkanes) is 2. The van der Waals surface area contributed by atoms with E-state index in [2.05, 4.69) is 20.8 Å². The van der Waals surface area contributed by atoms with Gasteiger partial charge in [0.25, 0.3) is 0 Å². The van der Waals surface area contributed by atoms with Crippen LogP contribution in [0.5, 0.6) is 0 Å². The smallest absolute Gasteiger partial charge is 0.109 e. The summed E-state index contributed by atoms with van der Waals surface area (Å²) in [5.74, 6) is 0. The summed E-state index contributed by atoms with van der Waals surface area (Å²) in [4.78, 5) is 5.63. The zero-order valence-corrected chi connectivity index (χ0v) is 9.81. The van der Waals surface area contributed by atoms with Gasteiger partial charge in [-0.15, -0.1) is 0 Å². The van der Waals surface area contributed by atoms with Crippen molar-refractivity contribution in [2.24, 2.45) is 0 Å². The van der Waals surface area contributed by atoms with Crippen molar-refractivity contribution in [1.82, 2.24) is 0 Å². The monoisotopic (exact) mass is 188 g/mol. The SMILES string of the molecule is CCCC[N+](CC)(CCCC)OC. The first kappa shape index (κ1) is 12.9. The van der Waals surface area contributed by atoms with E-state index in [0.717, 1.165) is 11.2 Å². The van der Waals surface area contributed by atoms with Crippen LogP contribution in [0.25, 0.3) is 0 Å². The van der Waals surface area contributed by atoms with Gasteiger partial charge in [0.1, 0.15) is 19.6 Å². The molecular weight excluding hydrogens is 162 g/mol. The Labute approximate surface area is 83.4 Å². The molecule has 0 rings (SSSR count). The summed E-state index contributed by atoms with van der Waals surface area (Å²) in [6, 6.07) is 0. The summed E-state index contributed by atoms with van der Waals surface area (Å²) < 4.78 is 0.849. The highest BCUT2D eigenvalue weighted by Crippen LogP contribution is 2.11. The predicted octanol–water partition coefficient (Wildman–Crippen LogP) is 2.98. The lowest BCUT2D eigenvalue weighted by Gasteiger charge is -2.33. The van der Waals surface area contributed by atoms with E-state index in [9.17, 15) is 0 Å². The van der Waals surface area contributed by atoms with Gasteiger partial charge in [0.15, 0.2) is 0 Å². The van der Waals surface area contributed by atoms with Crippen molar-refractivity contribution in [3.63, 3.8) is 0 Å². The van der Waals surface area contributed by atoms with Gasteiger partial charge in [0.05, 0.1) is 7.11 Å². The molecule has 0 aromatic heterocycles. The van der Waals surface area contributed by atoms with Gasteiger partial charge in [-0.05, 0) is 19.8 Å². The highest BCUT2D eigenvalue weighted by Gasteiger charge is 2.24. The third-order valence-electron chi connectivity index (χ3n) is 2.80. The van der Waals surface area contributed by atoms with Crippen molar-refractivity contribution in [2.75, 3.05) is 26.7 Å². The largest absolute Gasteiger partial charge is 0.206 e. The summed E-state index contributed by atoms with van der Waals surface area (Å²) in [7, 11) is 1.84. The maximum Gasteiger partial charge on any atom is 0.109 e. The van der Waals surface area contributed by atoms with Gasteiger partial charge >= 0.3 is 0 Å². The number of hydrogen-bond donors (Lipinski definition) is 0. The molecule has 0 saturated heterocycles. The predicted molar refractivity (Wildman–Crippen MR) is 57.4 cm³/mol. The van der Waals surface area contributed by atoms with E-state index < -0.39 is 0 Å². The van der Waals surface area contributed by atoms with Gasteiger partial charge in [-0.3, -0.25) is 0 Å². The lowest BCUT2D eigenvalue weighted by molar-refractivity contribution is -1.10. The van der Waals surface area contributed by atoms with Crippen LogP contribution in [0.15, 0.2) is 0 Å². The molecule has 0 bridgehead atoms. The molecule has 0 fully saturated rings. The Morgan fingerprint density at radius 2 is 1.38 bits per heavy atom. The molecule has 0 saturated carbocycles. The fraction of sp³-hybridized carbons (Fsp3) is 1.00. The molecule has 2 nitrogen and oxygen atoms in total. The Kier molecular flexibility index (Phi) is 7.29. The van der Waals surface area contributed by atoms with E-state index in [4.69, 9.17) is 4.84 Å². The van der Waals surface area contributed by atoms with Crippen LogP contribution in [0.2, 0.25) is 0 Å². The second kappa shape index (κ2) is 7.34. The molecule has 2 heteroatoms. The van der Waals surface area contributed by atoms with Crippen LogP contribution in [-0.4, -0.2) is 31.4 Å². The fourth-order valence-corrected chi connectivity index (χ4v) is 1.63. The van der Waals surface area contributed by atoms with Crippen molar-refractivity contribution >= 4 is 0 Å². The van der Waals surface area contributed by atoms with Crippen LogP contribution in [0.1, 0.15) is 46.5 Å². The van der Waals surface area contributed by atoms with Gasteiger partial charge in [0.2, 0.25) is 0 Å². The van der Waals surface area contributed by atoms with Crippen molar-refractivity contribution < 1.29 is 9.48 Å². The number of hydroxylamine groups is 3. The molecule has 0 N–H and O–H groups in total. The highest BCUT2D eigenvalue weighted by molar-refractivity contribution is 4.37. The van der Waals surface area contributed by atoms with Crippen LogP contribution in [-0.2, 0) is 4.84 Å². The summed E-state index contributed by atoms with van der Waals surface area (Å²) in [5, 5.41) is 0. The van der Waals surface area contributed by atoms with Gasteiger partial charge in [0, 0.05) is 0 Å². The van der Waals surface area contributed by atoms with E-state index in [1.165, 1.54) is 38.8 Å². The quantitative estimate of drug-likeness (QED) is 0.420. The molecule has 0 aliphatic rings. The van der Waals surface area contributed by atoms with Crippen molar-refractivity contribution in [3.05, 3.63) is 0 Å². The minimum absolute atomic E-state index is 0.849. The van der Waals surface area contributed by atoms with E-state index >= 15 is 0 Å². The zero-order valence-electron chi connectivity index (χ0n) is 9.81. The van der Waals surface area contributed by atoms with Crippen LogP contribution in [0.3, 0.4) is 0 Å². The molecule has 0 atom stereocenters. The first-order valence-corrected chi connectivity index (χ1v) is 5.66.